The number of hydrogen-bond donors (Lipinski definition) is 3. The monoisotopic (exact) mass is 331 g/mol. The number of nitrogens with one attached hydrogen (secondary N) is 1. The van der Waals surface area contributed by atoms with Crippen LogP contribution in [0.3, 0.4) is 0 Å². The highest BCUT2D eigenvalue weighted by Gasteiger charge is 2.05. The lowest BCUT2D eigenvalue weighted by molar-refractivity contribution is 0.414. The highest BCUT2D eigenvalue weighted by Crippen LogP contribution is 2.19. The van der Waals surface area contributed by atoms with E-state index in [4.69, 9.17) is 27.8 Å². The van der Waals surface area contributed by atoms with Gasteiger partial charge in [-0.3, -0.25) is 0 Å². The first-order valence-electron chi connectivity index (χ1n) is 7.42. The Morgan fingerprint density at radius 3 is 2.39 bits per heavy atom. The smallest absolute Gasteiger partial charge is 0.118 e. The van der Waals surface area contributed by atoms with Gasteiger partial charge in [0.2, 0.25) is 0 Å². The molecule has 0 aliphatic carbocycles. The van der Waals surface area contributed by atoms with Crippen molar-refractivity contribution in [1.82, 2.24) is 0 Å². The molecule has 122 valence electrons. The summed E-state index contributed by atoms with van der Waals surface area (Å²) in [6.45, 7) is 0.397. The van der Waals surface area contributed by atoms with Crippen molar-refractivity contribution in [3.05, 3.63) is 70.9 Å². The maximum atomic E-state index is 5.97. The molecule has 1 atom stereocenters. The molecule has 5 N–H and O–H groups in total. The van der Waals surface area contributed by atoms with Crippen LogP contribution in [-0.4, -0.2) is 19.7 Å². The average molecular weight is 332 g/mol. The fourth-order valence-electron chi connectivity index (χ4n) is 2.15. The van der Waals surface area contributed by atoms with Crippen molar-refractivity contribution in [3.63, 3.8) is 0 Å². The molecule has 0 spiro atoms. The van der Waals surface area contributed by atoms with Crippen molar-refractivity contribution in [2.24, 2.45) is 11.5 Å². The Morgan fingerprint density at radius 1 is 1.17 bits per heavy atom. The topological polar surface area (TPSA) is 73.3 Å². The van der Waals surface area contributed by atoms with Gasteiger partial charge in [-0.05, 0) is 48.0 Å². The number of anilines is 1. The normalized spacial score (nSPS) is 12.8. The predicted octanol–water partition coefficient (Wildman–Crippen LogP) is 3.17. The summed E-state index contributed by atoms with van der Waals surface area (Å²) in [5, 5.41) is 4.09. The van der Waals surface area contributed by atoms with Gasteiger partial charge in [0.15, 0.2) is 0 Å². The van der Waals surface area contributed by atoms with Gasteiger partial charge in [0.1, 0.15) is 5.75 Å². The summed E-state index contributed by atoms with van der Waals surface area (Å²) in [7, 11) is 1.66. The van der Waals surface area contributed by atoms with Gasteiger partial charge in [0.05, 0.1) is 7.11 Å². The number of halogens is 1. The Bertz CT molecular complexity index is 638. The van der Waals surface area contributed by atoms with Gasteiger partial charge in [-0.15, -0.1) is 0 Å². The third kappa shape index (κ3) is 5.60. The Labute approximate surface area is 142 Å². The van der Waals surface area contributed by atoms with E-state index in [0.29, 0.717) is 11.6 Å². The Morgan fingerprint density at radius 2 is 1.83 bits per heavy atom. The van der Waals surface area contributed by atoms with Crippen LogP contribution in [0.2, 0.25) is 5.02 Å². The molecule has 23 heavy (non-hydrogen) atoms. The van der Waals surface area contributed by atoms with Crippen LogP contribution in [0.25, 0.3) is 0 Å². The van der Waals surface area contributed by atoms with Gasteiger partial charge in [0.25, 0.3) is 0 Å². The first-order chi connectivity index (χ1) is 11.1. The second-order valence-electron chi connectivity index (χ2n) is 5.25. The Hall–Kier alpha value is -2.01. The molecule has 0 aliphatic heterocycles. The first kappa shape index (κ1) is 17.3. The SMILES string of the molecule is COc1ccc(C/C(=C/C(N)CN)Nc2ccc(Cl)cc2)cc1. The molecule has 2 aromatic rings. The van der Waals surface area contributed by atoms with Gasteiger partial charge in [-0.25, -0.2) is 0 Å². The molecule has 4 nitrogen and oxygen atoms in total. The zero-order valence-corrected chi connectivity index (χ0v) is 13.9. The van der Waals surface area contributed by atoms with E-state index in [1.807, 2.05) is 54.6 Å². The number of methoxy groups -OCH3 is 1. The van der Waals surface area contributed by atoms with Crippen molar-refractivity contribution in [2.45, 2.75) is 12.5 Å². The molecule has 0 saturated heterocycles. The van der Waals surface area contributed by atoms with Gasteiger partial charge in [-0.2, -0.15) is 0 Å². The van der Waals surface area contributed by atoms with Crippen LogP contribution < -0.4 is 21.5 Å². The average Bonchev–Trinajstić information content (AvgIpc) is 2.57. The number of nitrogens with two attached hydrogens (primary N) is 2. The maximum Gasteiger partial charge on any atom is 0.118 e. The third-order valence-corrected chi connectivity index (χ3v) is 3.64. The molecule has 0 fully saturated rings. The lowest BCUT2D eigenvalue weighted by atomic mass is 10.1. The van der Waals surface area contributed by atoms with E-state index < -0.39 is 0 Å². The fraction of sp³-hybridized carbons (Fsp3) is 0.222. The molecule has 0 saturated carbocycles. The minimum Gasteiger partial charge on any atom is -0.497 e. The molecule has 2 rings (SSSR count). The second-order valence-corrected chi connectivity index (χ2v) is 5.68. The van der Waals surface area contributed by atoms with E-state index in [2.05, 4.69) is 5.32 Å². The van der Waals surface area contributed by atoms with Crippen LogP contribution in [0.4, 0.5) is 5.69 Å². The molecule has 0 aliphatic rings. The summed E-state index contributed by atoms with van der Waals surface area (Å²) < 4.78 is 5.18. The van der Waals surface area contributed by atoms with Gasteiger partial charge >= 0.3 is 0 Å². The molecule has 2 aromatic carbocycles. The van der Waals surface area contributed by atoms with Gasteiger partial charge in [0, 0.05) is 35.4 Å². The molecule has 0 amide bonds. The van der Waals surface area contributed by atoms with Gasteiger partial charge < -0.3 is 21.5 Å². The maximum absolute atomic E-state index is 5.97. The summed E-state index contributed by atoms with van der Waals surface area (Å²) in [4.78, 5) is 0. The van der Waals surface area contributed by atoms with Crippen molar-refractivity contribution in [1.29, 1.82) is 0 Å². The van der Waals surface area contributed by atoms with Crippen molar-refractivity contribution >= 4 is 17.3 Å². The zero-order valence-electron chi connectivity index (χ0n) is 13.1. The van der Waals surface area contributed by atoms with E-state index >= 15 is 0 Å². The van der Waals surface area contributed by atoms with Crippen LogP contribution >= 0.6 is 11.6 Å². The highest BCUT2D eigenvalue weighted by atomic mass is 35.5. The van der Waals surface area contributed by atoms with E-state index in [1.165, 1.54) is 0 Å². The fourth-order valence-corrected chi connectivity index (χ4v) is 2.28. The van der Waals surface area contributed by atoms with Crippen LogP contribution in [0.5, 0.6) is 5.75 Å². The Balaban J connectivity index is 2.16. The van der Waals surface area contributed by atoms with E-state index in [1.54, 1.807) is 7.11 Å². The second kappa shape index (κ2) is 8.58. The summed E-state index contributed by atoms with van der Waals surface area (Å²) in [5.74, 6) is 0.837. The lowest BCUT2D eigenvalue weighted by Gasteiger charge is -2.14. The van der Waals surface area contributed by atoms with Crippen molar-refractivity contribution in [2.75, 3.05) is 19.0 Å². The first-order valence-corrected chi connectivity index (χ1v) is 7.80. The van der Waals surface area contributed by atoms with E-state index in [0.717, 1.165) is 29.1 Å². The van der Waals surface area contributed by atoms with Crippen LogP contribution in [0, 0.1) is 0 Å². The number of rotatable bonds is 7. The van der Waals surface area contributed by atoms with Crippen LogP contribution in [-0.2, 0) is 6.42 Å². The molecular formula is C18H22ClN3O. The number of ether oxygens (including phenoxy) is 1. The van der Waals surface area contributed by atoms with Crippen LogP contribution in [0.15, 0.2) is 60.3 Å². The highest BCUT2D eigenvalue weighted by molar-refractivity contribution is 6.30. The van der Waals surface area contributed by atoms with Crippen molar-refractivity contribution in [3.8, 4) is 5.75 Å². The summed E-state index contributed by atoms with van der Waals surface area (Å²) >= 11 is 5.92. The minimum absolute atomic E-state index is 0.192. The number of allylic oxidation sites excluding steroid dienone is 1. The van der Waals surface area contributed by atoms with E-state index in [-0.39, 0.29) is 6.04 Å². The standard InChI is InChI=1S/C18H22ClN3O/c1-23-18-8-2-13(3-9-18)10-17(11-15(21)12-20)22-16-6-4-14(19)5-7-16/h2-9,11,15,22H,10,12,20-21H2,1H3/b17-11-. The summed E-state index contributed by atoms with van der Waals surface area (Å²) in [5.41, 5.74) is 14.7. The molecule has 1 unspecified atom stereocenters. The van der Waals surface area contributed by atoms with E-state index in [9.17, 15) is 0 Å². The summed E-state index contributed by atoms with van der Waals surface area (Å²) in [6.07, 6.45) is 2.68. The molecule has 0 aromatic heterocycles. The zero-order chi connectivity index (χ0) is 16.7. The van der Waals surface area contributed by atoms with Gasteiger partial charge in [-0.1, -0.05) is 23.7 Å². The molecule has 0 bridgehead atoms. The quantitative estimate of drug-likeness (QED) is 0.728. The minimum atomic E-state index is -0.192. The summed E-state index contributed by atoms with van der Waals surface area (Å²) in [6, 6.07) is 15.3. The number of hydrogen-bond acceptors (Lipinski definition) is 4. The molecule has 0 heterocycles. The Kier molecular flexibility index (Phi) is 6.47. The third-order valence-electron chi connectivity index (χ3n) is 3.39. The predicted molar refractivity (Wildman–Crippen MR) is 96.9 cm³/mol. The molecule has 0 radical (unpaired) electrons. The molecule has 5 heteroatoms. The molecular weight excluding hydrogens is 310 g/mol. The van der Waals surface area contributed by atoms with Crippen molar-refractivity contribution < 1.29 is 4.74 Å². The number of benzene rings is 2. The lowest BCUT2D eigenvalue weighted by Crippen LogP contribution is -2.28. The van der Waals surface area contributed by atoms with Crippen LogP contribution in [0.1, 0.15) is 5.56 Å². The largest absolute Gasteiger partial charge is 0.497 e.